The van der Waals surface area contributed by atoms with Crippen LogP contribution in [0, 0.1) is 6.92 Å². The Kier molecular flexibility index (Phi) is 4.55. The first-order valence-electron chi connectivity index (χ1n) is 6.97. The summed E-state index contributed by atoms with van der Waals surface area (Å²) in [6.45, 7) is 6.99. The number of unbranched alkanes of at least 4 members (excludes halogenated alkanes) is 1. The van der Waals surface area contributed by atoms with Gasteiger partial charge in [0.1, 0.15) is 0 Å². The fraction of sp³-hybridized carbons (Fsp3) is 0.667. The van der Waals surface area contributed by atoms with Crippen LogP contribution in [0.3, 0.4) is 0 Å². The highest BCUT2D eigenvalue weighted by Crippen LogP contribution is 2.32. The third-order valence-electron chi connectivity index (χ3n) is 3.84. The highest BCUT2D eigenvalue weighted by Gasteiger charge is 2.24. The average Bonchev–Trinajstić information content (AvgIpc) is 2.37. The topological polar surface area (TPSA) is 16.1 Å². The predicted octanol–water partition coefficient (Wildman–Crippen LogP) is 3.72. The SMILES string of the molecule is CCCCN1CCCC[C@H]1c1ccncc1C. The Hall–Kier alpha value is -0.890. The smallest absolute Gasteiger partial charge is 0.0351 e. The highest BCUT2D eigenvalue weighted by atomic mass is 15.2. The van der Waals surface area contributed by atoms with Crippen LogP contribution in [0.4, 0.5) is 0 Å². The number of nitrogens with zero attached hydrogens (tertiary/aromatic N) is 2. The summed E-state index contributed by atoms with van der Waals surface area (Å²) < 4.78 is 0. The van der Waals surface area contributed by atoms with Crippen LogP contribution in [0.25, 0.3) is 0 Å². The Bertz CT molecular complexity index is 349. The summed E-state index contributed by atoms with van der Waals surface area (Å²) in [5.41, 5.74) is 2.84. The molecule has 2 heterocycles. The summed E-state index contributed by atoms with van der Waals surface area (Å²) in [6.07, 6.45) is 10.6. The molecule has 2 heteroatoms. The summed E-state index contributed by atoms with van der Waals surface area (Å²) in [5.74, 6) is 0. The minimum atomic E-state index is 0.637. The largest absolute Gasteiger partial charge is 0.296 e. The molecule has 94 valence electrons. The normalized spacial score (nSPS) is 21.6. The van der Waals surface area contributed by atoms with E-state index in [9.17, 15) is 0 Å². The Labute approximate surface area is 105 Å². The minimum Gasteiger partial charge on any atom is -0.296 e. The molecule has 1 aromatic rings. The molecule has 1 aliphatic heterocycles. The maximum atomic E-state index is 4.21. The third kappa shape index (κ3) is 3.06. The molecule has 0 unspecified atom stereocenters. The number of hydrogen-bond acceptors (Lipinski definition) is 2. The second kappa shape index (κ2) is 6.15. The van der Waals surface area contributed by atoms with E-state index in [1.807, 2.05) is 12.4 Å². The van der Waals surface area contributed by atoms with Crippen LogP contribution in [0.1, 0.15) is 56.2 Å². The zero-order valence-corrected chi connectivity index (χ0v) is 11.2. The average molecular weight is 232 g/mol. The van der Waals surface area contributed by atoms with Gasteiger partial charge < -0.3 is 0 Å². The van der Waals surface area contributed by atoms with E-state index in [-0.39, 0.29) is 0 Å². The van der Waals surface area contributed by atoms with Gasteiger partial charge in [0.2, 0.25) is 0 Å². The van der Waals surface area contributed by atoms with E-state index >= 15 is 0 Å². The van der Waals surface area contributed by atoms with Crippen molar-refractivity contribution in [3.05, 3.63) is 29.6 Å². The molecule has 2 nitrogen and oxygen atoms in total. The summed E-state index contributed by atoms with van der Waals surface area (Å²) in [6, 6.07) is 2.85. The fourth-order valence-corrected chi connectivity index (χ4v) is 2.83. The molecule has 1 atom stereocenters. The monoisotopic (exact) mass is 232 g/mol. The number of aromatic nitrogens is 1. The van der Waals surface area contributed by atoms with E-state index in [4.69, 9.17) is 0 Å². The maximum absolute atomic E-state index is 4.21. The molecule has 17 heavy (non-hydrogen) atoms. The number of piperidine rings is 1. The van der Waals surface area contributed by atoms with Crippen molar-refractivity contribution in [1.29, 1.82) is 0 Å². The van der Waals surface area contributed by atoms with Crippen molar-refractivity contribution in [1.82, 2.24) is 9.88 Å². The van der Waals surface area contributed by atoms with Crippen LogP contribution in [0.15, 0.2) is 18.5 Å². The Morgan fingerprint density at radius 2 is 2.29 bits per heavy atom. The molecule has 0 radical (unpaired) electrons. The van der Waals surface area contributed by atoms with Crippen molar-refractivity contribution in [2.75, 3.05) is 13.1 Å². The van der Waals surface area contributed by atoms with Crippen molar-refractivity contribution < 1.29 is 0 Å². The lowest BCUT2D eigenvalue weighted by Gasteiger charge is -2.36. The molecular formula is C15H24N2. The number of rotatable bonds is 4. The van der Waals surface area contributed by atoms with Crippen molar-refractivity contribution in [2.24, 2.45) is 0 Å². The van der Waals surface area contributed by atoms with Crippen molar-refractivity contribution >= 4 is 0 Å². The van der Waals surface area contributed by atoms with Crippen molar-refractivity contribution in [2.45, 2.75) is 52.0 Å². The number of aryl methyl sites for hydroxylation is 1. The molecule has 1 aliphatic rings. The van der Waals surface area contributed by atoms with Crippen LogP contribution in [-0.2, 0) is 0 Å². The van der Waals surface area contributed by atoms with E-state index < -0.39 is 0 Å². The lowest BCUT2D eigenvalue weighted by Crippen LogP contribution is -2.34. The highest BCUT2D eigenvalue weighted by molar-refractivity contribution is 5.25. The second-order valence-electron chi connectivity index (χ2n) is 5.13. The first-order valence-corrected chi connectivity index (χ1v) is 6.97. The van der Waals surface area contributed by atoms with Crippen LogP contribution in [-0.4, -0.2) is 23.0 Å². The van der Waals surface area contributed by atoms with E-state index in [0.717, 1.165) is 0 Å². The summed E-state index contributed by atoms with van der Waals surface area (Å²) in [7, 11) is 0. The van der Waals surface area contributed by atoms with Crippen LogP contribution in [0.2, 0.25) is 0 Å². The van der Waals surface area contributed by atoms with Gasteiger partial charge in [0, 0.05) is 18.4 Å². The lowest BCUT2D eigenvalue weighted by molar-refractivity contribution is 0.146. The van der Waals surface area contributed by atoms with Crippen LogP contribution >= 0.6 is 0 Å². The molecule has 0 N–H and O–H groups in total. The van der Waals surface area contributed by atoms with Gasteiger partial charge in [-0.15, -0.1) is 0 Å². The van der Waals surface area contributed by atoms with Crippen molar-refractivity contribution in [3.63, 3.8) is 0 Å². The molecule has 0 amide bonds. The van der Waals surface area contributed by atoms with Gasteiger partial charge in [-0.25, -0.2) is 0 Å². The lowest BCUT2D eigenvalue weighted by atomic mass is 9.93. The Morgan fingerprint density at radius 1 is 1.41 bits per heavy atom. The van der Waals surface area contributed by atoms with Gasteiger partial charge in [0.05, 0.1) is 0 Å². The number of pyridine rings is 1. The molecule has 2 rings (SSSR count). The van der Waals surface area contributed by atoms with E-state index in [1.54, 1.807) is 0 Å². The van der Waals surface area contributed by atoms with Gasteiger partial charge in [0.25, 0.3) is 0 Å². The third-order valence-corrected chi connectivity index (χ3v) is 3.84. The maximum Gasteiger partial charge on any atom is 0.0351 e. The standard InChI is InChI=1S/C15H24N2/c1-3-4-10-17-11-6-5-7-15(17)14-8-9-16-12-13(14)2/h8-9,12,15H,3-7,10-11H2,1-2H3/t15-/m0/s1. The van der Waals surface area contributed by atoms with Crippen LogP contribution in [0.5, 0.6) is 0 Å². The summed E-state index contributed by atoms with van der Waals surface area (Å²) >= 11 is 0. The molecule has 0 aliphatic carbocycles. The van der Waals surface area contributed by atoms with Gasteiger partial charge in [-0.05, 0) is 56.5 Å². The van der Waals surface area contributed by atoms with Crippen LogP contribution < -0.4 is 0 Å². The van der Waals surface area contributed by atoms with Gasteiger partial charge in [-0.3, -0.25) is 9.88 Å². The molecule has 1 aromatic heterocycles. The second-order valence-corrected chi connectivity index (χ2v) is 5.13. The van der Waals surface area contributed by atoms with E-state index in [0.29, 0.717) is 6.04 Å². The van der Waals surface area contributed by atoms with E-state index in [1.165, 1.54) is 56.3 Å². The van der Waals surface area contributed by atoms with Gasteiger partial charge >= 0.3 is 0 Å². The molecular weight excluding hydrogens is 208 g/mol. The molecule has 0 aromatic carbocycles. The first-order chi connectivity index (χ1) is 8.33. The summed E-state index contributed by atoms with van der Waals surface area (Å²) in [5, 5.41) is 0. The molecule has 0 saturated carbocycles. The van der Waals surface area contributed by atoms with E-state index in [2.05, 4.69) is 29.8 Å². The predicted molar refractivity (Wildman–Crippen MR) is 72.0 cm³/mol. The zero-order chi connectivity index (χ0) is 12.1. The molecule has 1 fully saturated rings. The first kappa shape index (κ1) is 12.6. The molecule has 0 bridgehead atoms. The van der Waals surface area contributed by atoms with Gasteiger partial charge in [0.15, 0.2) is 0 Å². The summed E-state index contributed by atoms with van der Waals surface area (Å²) in [4.78, 5) is 6.88. The Balaban J connectivity index is 2.13. The molecule has 0 spiro atoms. The zero-order valence-electron chi connectivity index (χ0n) is 11.2. The van der Waals surface area contributed by atoms with Gasteiger partial charge in [-0.1, -0.05) is 19.8 Å². The number of likely N-dealkylation sites (tertiary alicyclic amines) is 1. The Morgan fingerprint density at radius 3 is 3.06 bits per heavy atom. The van der Waals surface area contributed by atoms with Gasteiger partial charge in [-0.2, -0.15) is 0 Å². The fourth-order valence-electron chi connectivity index (χ4n) is 2.83. The molecule has 1 saturated heterocycles. The van der Waals surface area contributed by atoms with Crippen molar-refractivity contribution in [3.8, 4) is 0 Å². The quantitative estimate of drug-likeness (QED) is 0.786. The minimum absolute atomic E-state index is 0.637. The number of hydrogen-bond donors (Lipinski definition) is 0.